The van der Waals surface area contributed by atoms with Crippen molar-refractivity contribution in [2.75, 3.05) is 0 Å². The van der Waals surface area contributed by atoms with Crippen molar-refractivity contribution in [1.29, 1.82) is 0 Å². The Bertz CT molecular complexity index is 584. The van der Waals surface area contributed by atoms with Crippen molar-refractivity contribution in [3.05, 3.63) is 45.4 Å². The average molecular weight is 312 g/mol. The molecule has 1 N–H and O–H groups in total. The van der Waals surface area contributed by atoms with Crippen molar-refractivity contribution in [2.24, 2.45) is 0 Å². The lowest BCUT2D eigenvalue weighted by Crippen LogP contribution is -2.17. The molecule has 0 aliphatic carbocycles. The third-order valence-electron chi connectivity index (χ3n) is 3.09. The topological polar surface area (TPSA) is 34.2 Å². The minimum atomic E-state index is -2.79. The van der Waals surface area contributed by atoms with Crippen molar-refractivity contribution >= 4 is 11.3 Å². The lowest BCUT2D eigenvalue weighted by Gasteiger charge is -2.13. The molecule has 0 fully saturated rings. The summed E-state index contributed by atoms with van der Waals surface area (Å²) in [5.74, 6) is 0.177. The highest BCUT2D eigenvalue weighted by Gasteiger charge is 2.12. The van der Waals surface area contributed by atoms with Gasteiger partial charge in [-0.1, -0.05) is 12.1 Å². The van der Waals surface area contributed by atoms with Gasteiger partial charge in [-0.15, -0.1) is 11.3 Å². The first-order chi connectivity index (χ1) is 9.95. The molecule has 1 heterocycles. The predicted octanol–water partition coefficient (Wildman–Crippen LogP) is 4.21. The summed E-state index contributed by atoms with van der Waals surface area (Å²) >= 11 is 1.69. The third-order valence-corrected chi connectivity index (χ3v) is 4.35. The molecular weight excluding hydrogens is 294 g/mol. The molecule has 114 valence electrons. The number of aryl methyl sites for hydroxylation is 2. The zero-order chi connectivity index (χ0) is 15.4. The van der Waals surface area contributed by atoms with E-state index in [9.17, 15) is 8.78 Å². The summed E-state index contributed by atoms with van der Waals surface area (Å²) in [7, 11) is 0. The molecule has 0 bridgehead atoms. The Kier molecular flexibility index (Phi) is 5.25. The van der Waals surface area contributed by atoms with E-state index in [0.29, 0.717) is 6.54 Å². The molecule has 0 saturated heterocycles. The molecule has 0 aliphatic rings. The van der Waals surface area contributed by atoms with E-state index >= 15 is 0 Å². The van der Waals surface area contributed by atoms with Gasteiger partial charge in [0.05, 0.1) is 10.7 Å². The minimum Gasteiger partial charge on any atom is -0.435 e. The lowest BCUT2D eigenvalue weighted by molar-refractivity contribution is -0.0498. The van der Waals surface area contributed by atoms with Gasteiger partial charge in [0.25, 0.3) is 0 Å². The van der Waals surface area contributed by atoms with Crippen LogP contribution >= 0.6 is 11.3 Å². The number of halogens is 2. The van der Waals surface area contributed by atoms with E-state index in [2.05, 4.69) is 22.0 Å². The van der Waals surface area contributed by atoms with E-state index in [1.54, 1.807) is 35.6 Å². The molecule has 0 spiro atoms. The van der Waals surface area contributed by atoms with Crippen LogP contribution in [0.1, 0.15) is 34.1 Å². The molecule has 0 aliphatic heterocycles. The molecular formula is C15H18F2N2OS. The SMILES string of the molecule is Cc1nc(C)c(C(C)NCc2ccc(OC(F)F)cc2)s1. The summed E-state index contributed by atoms with van der Waals surface area (Å²) in [5.41, 5.74) is 2.07. The molecule has 1 aromatic carbocycles. The zero-order valence-corrected chi connectivity index (χ0v) is 13.0. The monoisotopic (exact) mass is 312 g/mol. The van der Waals surface area contributed by atoms with E-state index in [-0.39, 0.29) is 11.8 Å². The van der Waals surface area contributed by atoms with Crippen LogP contribution in [0, 0.1) is 13.8 Å². The van der Waals surface area contributed by atoms with Crippen molar-refractivity contribution in [1.82, 2.24) is 10.3 Å². The Morgan fingerprint density at radius 2 is 1.90 bits per heavy atom. The van der Waals surface area contributed by atoms with Gasteiger partial charge in [0, 0.05) is 17.5 Å². The number of hydrogen-bond acceptors (Lipinski definition) is 4. The molecule has 1 aromatic heterocycles. The molecule has 3 nitrogen and oxygen atoms in total. The van der Waals surface area contributed by atoms with Crippen LogP contribution in [-0.2, 0) is 6.54 Å². The maximum absolute atomic E-state index is 12.1. The summed E-state index contributed by atoms with van der Waals surface area (Å²) < 4.78 is 28.4. The van der Waals surface area contributed by atoms with Gasteiger partial charge in [0.15, 0.2) is 0 Å². The fraction of sp³-hybridized carbons (Fsp3) is 0.400. The van der Waals surface area contributed by atoms with Gasteiger partial charge in [-0.05, 0) is 38.5 Å². The smallest absolute Gasteiger partial charge is 0.387 e. The molecule has 21 heavy (non-hydrogen) atoms. The summed E-state index contributed by atoms with van der Waals surface area (Å²) in [6.45, 7) is 3.97. The summed E-state index contributed by atoms with van der Waals surface area (Å²) in [6, 6.07) is 6.87. The summed E-state index contributed by atoms with van der Waals surface area (Å²) in [5, 5.41) is 4.47. The number of alkyl halides is 2. The van der Waals surface area contributed by atoms with E-state index in [4.69, 9.17) is 0 Å². The van der Waals surface area contributed by atoms with Crippen LogP contribution in [0.25, 0.3) is 0 Å². The average Bonchev–Trinajstić information content (AvgIpc) is 2.76. The maximum Gasteiger partial charge on any atom is 0.387 e. The molecule has 6 heteroatoms. The molecule has 0 radical (unpaired) electrons. The molecule has 0 amide bonds. The third kappa shape index (κ3) is 4.47. The van der Waals surface area contributed by atoms with Gasteiger partial charge in [0.2, 0.25) is 0 Å². The Labute approximate surface area is 127 Å². The number of hydrogen-bond donors (Lipinski definition) is 1. The van der Waals surface area contributed by atoms with Crippen LogP contribution in [0.3, 0.4) is 0 Å². The lowest BCUT2D eigenvalue weighted by atomic mass is 10.2. The van der Waals surface area contributed by atoms with Gasteiger partial charge in [-0.2, -0.15) is 8.78 Å². The number of aromatic nitrogens is 1. The predicted molar refractivity (Wildman–Crippen MR) is 79.9 cm³/mol. The molecule has 0 saturated carbocycles. The number of ether oxygens (including phenoxy) is 1. The van der Waals surface area contributed by atoms with E-state index < -0.39 is 6.61 Å². The highest BCUT2D eigenvalue weighted by atomic mass is 32.1. The quantitative estimate of drug-likeness (QED) is 0.867. The first kappa shape index (κ1) is 15.9. The van der Waals surface area contributed by atoms with Crippen LogP contribution in [-0.4, -0.2) is 11.6 Å². The first-order valence-electron chi connectivity index (χ1n) is 6.66. The van der Waals surface area contributed by atoms with Crippen LogP contribution in [0.2, 0.25) is 0 Å². The Balaban J connectivity index is 1.92. The van der Waals surface area contributed by atoms with Gasteiger partial charge in [-0.3, -0.25) is 0 Å². The number of thiazole rings is 1. The zero-order valence-electron chi connectivity index (χ0n) is 12.2. The summed E-state index contributed by atoms with van der Waals surface area (Å²) in [6.07, 6.45) is 0. The fourth-order valence-corrected chi connectivity index (χ4v) is 3.06. The van der Waals surface area contributed by atoms with E-state index in [1.165, 1.54) is 4.88 Å². The van der Waals surface area contributed by atoms with Crippen LogP contribution in [0.4, 0.5) is 8.78 Å². The second-order valence-electron chi connectivity index (χ2n) is 4.81. The fourth-order valence-electron chi connectivity index (χ4n) is 2.10. The second-order valence-corrected chi connectivity index (χ2v) is 6.04. The molecule has 2 aromatic rings. The molecule has 1 unspecified atom stereocenters. The van der Waals surface area contributed by atoms with Crippen molar-refractivity contribution in [2.45, 2.75) is 40.0 Å². The summed E-state index contributed by atoms with van der Waals surface area (Å²) in [4.78, 5) is 5.64. The van der Waals surface area contributed by atoms with Crippen LogP contribution in [0.5, 0.6) is 5.75 Å². The van der Waals surface area contributed by atoms with E-state index in [1.807, 2.05) is 13.8 Å². The maximum atomic E-state index is 12.1. The highest BCUT2D eigenvalue weighted by Crippen LogP contribution is 2.24. The Morgan fingerprint density at radius 1 is 1.24 bits per heavy atom. The number of nitrogens with zero attached hydrogens (tertiary/aromatic N) is 1. The second kappa shape index (κ2) is 6.95. The van der Waals surface area contributed by atoms with Gasteiger partial charge >= 0.3 is 6.61 Å². The largest absolute Gasteiger partial charge is 0.435 e. The van der Waals surface area contributed by atoms with Gasteiger partial charge in [0.1, 0.15) is 5.75 Å². The van der Waals surface area contributed by atoms with Gasteiger partial charge < -0.3 is 10.1 Å². The van der Waals surface area contributed by atoms with Crippen molar-refractivity contribution < 1.29 is 13.5 Å². The van der Waals surface area contributed by atoms with Crippen molar-refractivity contribution in [3.63, 3.8) is 0 Å². The standard InChI is InChI=1S/C15H18F2N2OS/c1-9(14-10(2)19-11(3)21-14)18-8-12-4-6-13(7-5-12)20-15(16)17/h4-7,9,15,18H,8H2,1-3H3. The number of nitrogens with one attached hydrogen (secondary N) is 1. The Hall–Kier alpha value is -1.53. The highest BCUT2D eigenvalue weighted by molar-refractivity contribution is 7.11. The Morgan fingerprint density at radius 3 is 2.43 bits per heavy atom. The van der Waals surface area contributed by atoms with Gasteiger partial charge in [-0.25, -0.2) is 4.98 Å². The first-order valence-corrected chi connectivity index (χ1v) is 7.48. The molecule has 2 rings (SSSR count). The van der Waals surface area contributed by atoms with E-state index in [0.717, 1.165) is 16.3 Å². The number of benzene rings is 1. The van der Waals surface area contributed by atoms with Crippen LogP contribution in [0.15, 0.2) is 24.3 Å². The minimum absolute atomic E-state index is 0.177. The normalized spacial score (nSPS) is 12.7. The molecule has 1 atom stereocenters. The van der Waals surface area contributed by atoms with Crippen molar-refractivity contribution in [3.8, 4) is 5.75 Å². The van der Waals surface area contributed by atoms with Crippen LogP contribution < -0.4 is 10.1 Å². The number of rotatable bonds is 6.